The zero-order valence-corrected chi connectivity index (χ0v) is 10.1. The summed E-state index contributed by atoms with van der Waals surface area (Å²) in [5.74, 6) is 5.30. The molecule has 4 N–H and O–H groups in total. The lowest BCUT2D eigenvalue weighted by molar-refractivity contribution is -0.384. The Hall–Kier alpha value is -1.86. The third kappa shape index (κ3) is 2.52. The van der Waals surface area contributed by atoms with Crippen LogP contribution in [0.2, 0.25) is 0 Å². The molecule has 1 heterocycles. The summed E-state index contributed by atoms with van der Waals surface area (Å²) in [7, 11) is 0. The van der Waals surface area contributed by atoms with Crippen LogP contribution in [0.25, 0.3) is 0 Å². The molecule has 1 saturated heterocycles. The van der Waals surface area contributed by atoms with Gasteiger partial charge in [0.1, 0.15) is 0 Å². The van der Waals surface area contributed by atoms with Crippen LogP contribution in [0.4, 0.5) is 17.1 Å². The lowest BCUT2D eigenvalue weighted by Gasteiger charge is -2.21. The molecule has 1 aromatic carbocycles. The van der Waals surface area contributed by atoms with Crippen molar-refractivity contribution in [2.45, 2.75) is 18.9 Å². The maximum Gasteiger partial charge on any atom is 0.273 e. The Labute approximate surface area is 104 Å². The Bertz CT molecular complexity index is 475. The number of nitro benzene ring substituents is 1. The summed E-state index contributed by atoms with van der Waals surface area (Å²) >= 11 is 0. The molecule has 1 unspecified atom stereocenters. The first kappa shape index (κ1) is 12.6. The first-order valence-corrected chi connectivity index (χ1v) is 5.65. The fourth-order valence-electron chi connectivity index (χ4n) is 2.13. The summed E-state index contributed by atoms with van der Waals surface area (Å²) in [5.41, 5.74) is 2.81. The highest BCUT2D eigenvalue weighted by Gasteiger charge is 2.32. The summed E-state index contributed by atoms with van der Waals surface area (Å²) in [6.07, 6.45) is 0.640. The minimum Gasteiger partial charge on any atom is -0.388 e. The molecule has 1 aliphatic heterocycles. The van der Waals surface area contributed by atoms with E-state index in [0.717, 1.165) is 0 Å². The van der Waals surface area contributed by atoms with E-state index >= 15 is 0 Å². The molecule has 0 bridgehead atoms. The van der Waals surface area contributed by atoms with E-state index in [0.29, 0.717) is 30.9 Å². The zero-order valence-electron chi connectivity index (χ0n) is 10.1. The fourth-order valence-corrected chi connectivity index (χ4v) is 2.13. The number of nitrogen functional groups attached to an aromatic ring is 1. The normalized spacial score (nSPS) is 23.2. The lowest BCUT2D eigenvalue weighted by Crippen LogP contribution is -2.29. The van der Waals surface area contributed by atoms with E-state index in [-0.39, 0.29) is 5.69 Å². The average molecular weight is 252 g/mol. The van der Waals surface area contributed by atoms with Crippen LogP contribution in [-0.2, 0) is 0 Å². The highest BCUT2D eigenvalue weighted by molar-refractivity contribution is 5.64. The first-order chi connectivity index (χ1) is 8.41. The van der Waals surface area contributed by atoms with Gasteiger partial charge >= 0.3 is 0 Å². The van der Waals surface area contributed by atoms with E-state index in [1.165, 1.54) is 12.1 Å². The molecular formula is C11H16N4O3. The van der Waals surface area contributed by atoms with Gasteiger partial charge in [-0.1, -0.05) is 0 Å². The van der Waals surface area contributed by atoms with Gasteiger partial charge in [-0.25, -0.2) is 0 Å². The summed E-state index contributed by atoms with van der Waals surface area (Å²) in [6, 6.07) is 4.59. The smallest absolute Gasteiger partial charge is 0.273 e. The molecule has 1 aromatic rings. The van der Waals surface area contributed by atoms with Crippen LogP contribution in [-0.4, -0.2) is 28.7 Å². The Kier molecular flexibility index (Phi) is 3.10. The number of nitrogens with two attached hydrogens (primary N) is 1. The Balaban J connectivity index is 2.33. The molecule has 18 heavy (non-hydrogen) atoms. The minimum absolute atomic E-state index is 0.0213. The van der Waals surface area contributed by atoms with Crippen molar-refractivity contribution in [2.24, 2.45) is 5.84 Å². The number of hydrogen-bond acceptors (Lipinski definition) is 6. The van der Waals surface area contributed by atoms with Crippen molar-refractivity contribution in [3.63, 3.8) is 0 Å². The number of hydrogen-bond donors (Lipinski definition) is 3. The van der Waals surface area contributed by atoms with Gasteiger partial charge in [-0.3, -0.25) is 16.0 Å². The molecule has 0 amide bonds. The van der Waals surface area contributed by atoms with Crippen LogP contribution in [0.3, 0.4) is 0 Å². The number of rotatable bonds is 3. The number of benzene rings is 1. The predicted octanol–water partition coefficient (Wildman–Crippen LogP) is 0.841. The van der Waals surface area contributed by atoms with Crippen molar-refractivity contribution in [3.8, 4) is 0 Å². The fraction of sp³-hybridized carbons (Fsp3) is 0.455. The monoisotopic (exact) mass is 252 g/mol. The summed E-state index contributed by atoms with van der Waals surface area (Å²) in [6.45, 7) is 2.88. The number of hydrazine groups is 1. The number of nitro groups is 1. The SMILES string of the molecule is CC1(O)CCN(c2cc(NN)cc([N+](=O)[O-])c2)C1. The number of β-amino-alcohol motifs (C(OH)–C–C–N with tert-alkyl or cyclic N) is 1. The van der Waals surface area contributed by atoms with Gasteiger partial charge in [-0.2, -0.15) is 0 Å². The summed E-state index contributed by atoms with van der Waals surface area (Å²) < 4.78 is 0. The Morgan fingerprint density at radius 1 is 1.56 bits per heavy atom. The van der Waals surface area contributed by atoms with Gasteiger partial charge < -0.3 is 15.4 Å². The van der Waals surface area contributed by atoms with Crippen LogP contribution >= 0.6 is 0 Å². The van der Waals surface area contributed by atoms with Crippen molar-refractivity contribution < 1.29 is 10.0 Å². The highest BCUT2D eigenvalue weighted by atomic mass is 16.6. The van der Waals surface area contributed by atoms with Gasteiger partial charge in [0, 0.05) is 30.9 Å². The van der Waals surface area contributed by atoms with Crippen LogP contribution in [0.5, 0.6) is 0 Å². The number of non-ortho nitro benzene ring substituents is 1. The molecule has 98 valence electrons. The summed E-state index contributed by atoms with van der Waals surface area (Å²) in [5, 5.41) is 20.7. The molecule has 0 spiro atoms. The second kappa shape index (κ2) is 4.43. The first-order valence-electron chi connectivity index (χ1n) is 5.65. The third-order valence-corrected chi connectivity index (χ3v) is 3.10. The molecular weight excluding hydrogens is 236 g/mol. The molecule has 2 rings (SSSR count). The van der Waals surface area contributed by atoms with E-state index in [2.05, 4.69) is 5.43 Å². The van der Waals surface area contributed by atoms with Crippen molar-refractivity contribution in [3.05, 3.63) is 28.3 Å². The third-order valence-electron chi connectivity index (χ3n) is 3.10. The van der Waals surface area contributed by atoms with E-state index in [1.54, 1.807) is 13.0 Å². The molecule has 0 radical (unpaired) electrons. The Morgan fingerprint density at radius 2 is 2.28 bits per heavy atom. The molecule has 0 aromatic heterocycles. The van der Waals surface area contributed by atoms with Crippen molar-refractivity contribution >= 4 is 17.1 Å². The van der Waals surface area contributed by atoms with E-state index < -0.39 is 10.5 Å². The molecule has 1 aliphatic rings. The standard InChI is InChI=1S/C11H16N4O3/c1-11(16)2-3-14(7-11)9-4-8(13-12)5-10(6-9)15(17)18/h4-6,13,16H,2-3,7,12H2,1H3. The van der Waals surface area contributed by atoms with Crippen molar-refractivity contribution in [1.82, 2.24) is 0 Å². The Morgan fingerprint density at radius 3 is 2.78 bits per heavy atom. The van der Waals surface area contributed by atoms with E-state index in [4.69, 9.17) is 5.84 Å². The molecule has 7 heteroatoms. The number of aliphatic hydroxyl groups is 1. The average Bonchev–Trinajstić information content (AvgIpc) is 2.69. The topological polar surface area (TPSA) is 105 Å². The van der Waals surface area contributed by atoms with Crippen LogP contribution in [0.1, 0.15) is 13.3 Å². The number of anilines is 2. The van der Waals surface area contributed by atoms with Gasteiger partial charge in [-0.05, 0) is 19.4 Å². The zero-order chi connectivity index (χ0) is 13.3. The number of nitrogens with one attached hydrogen (secondary N) is 1. The second-order valence-corrected chi connectivity index (χ2v) is 4.81. The van der Waals surface area contributed by atoms with Gasteiger partial charge in [-0.15, -0.1) is 0 Å². The van der Waals surface area contributed by atoms with Crippen LogP contribution in [0.15, 0.2) is 18.2 Å². The van der Waals surface area contributed by atoms with Crippen LogP contribution in [0, 0.1) is 10.1 Å². The maximum absolute atomic E-state index is 10.8. The molecule has 0 aliphatic carbocycles. The van der Waals surface area contributed by atoms with Crippen LogP contribution < -0.4 is 16.2 Å². The van der Waals surface area contributed by atoms with E-state index in [1.807, 2.05) is 4.90 Å². The van der Waals surface area contributed by atoms with Gasteiger partial charge in [0.15, 0.2) is 0 Å². The van der Waals surface area contributed by atoms with Crippen molar-refractivity contribution in [2.75, 3.05) is 23.4 Å². The quantitative estimate of drug-likeness (QED) is 0.418. The second-order valence-electron chi connectivity index (χ2n) is 4.81. The summed E-state index contributed by atoms with van der Waals surface area (Å²) in [4.78, 5) is 12.3. The number of nitrogens with zero attached hydrogens (tertiary/aromatic N) is 2. The van der Waals surface area contributed by atoms with Crippen molar-refractivity contribution in [1.29, 1.82) is 0 Å². The molecule has 1 atom stereocenters. The molecule has 7 nitrogen and oxygen atoms in total. The maximum atomic E-state index is 10.8. The van der Waals surface area contributed by atoms with Gasteiger partial charge in [0.2, 0.25) is 0 Å². The van der Waals surface area contributed by atoms with Gasteiger partial charge in [0.25, 0.3) is 5.69 Å². The molecule has 1 fully saturated rings. The lowest BCUT2D eigenvalue weighted by atomic mass is 10.1. The minimum atomic E-state index is -0.749. The van der Waals surface area contributed by atoms with Gasteiger partial charge in [0.05, 0.1) is 16.2 Å². The molecule has 0 saturated carbocycles. The highest BCUT2D eigenvalue weighted by Crippen LogP contribution is 2.31. The predicted molar refractivity (Wildman–Crippen MR) is 68.4 cm³/mol. The largest absolute Gasteiger partial charge is 0.388 e. The van der Waals surface area contributed by atoms with E-state index in [9.17, 15) is 15.2 Å².